The normalized spacial score (nSPS) is 11.3. The molecule has 3 aromatic carbocycles. The summed E-state index contributed by atoms with van der Waals surface area (Å²) in [6.45, 7) is 0.420. The second-order valence-corrected chi connectivity index (χ2v) is 7.12. The number of hydrogen-bond acceptors (Lipinski definition) is 2. The van der Waals surface area contributed by atoms with Crippen LogP contribution in [0.15, 0.2) is 90.0 Å². The number of hydrogen-bond donors (Lipinski definition) is 0. The molecule has 0 amide bonds. The number of halogens is 1. The average Bonchev–Trinajstić information content (AvgIpc) is 3.16. The molecule has 0 aliphatic carbocycles. The van der Waals surface area contributed by atoms with Crippen molar-refractivity contribution >= 4 is 27.9 Å². The van der Waals surface area contributed by atoms with Crippen LogP contribution < -0.4 is 5.56 Å². The predicted molar refractivity (Wildman–Crippen MR) is 113 cm³/mol. The Balaban J connectivity index is 1.63. The van der Waals surface area contributed by atoms with Gasteiger partial charge in [-0.05, 0) is 28.5 Å². The van der Waals surface area contributed by atoms with Gasteiger partial charge in [-0.1, -0.05) is 72.3 Å². The minimum absolute atomic E-state index is 0.0959. The molecule has 0 atom stereocenters. The van der Waals surface area contributed by atoms with Crippen LogP contribution in [0, 0.1) is 0 Å². The highest BCUT2D eigenvalue weighted by Crippen LogP contribution is 2.27. The van der Waals surface area contributed by atoms with Crippen LogP contribution in [-0.2, 0) is 6.54 Å². The van der Waals surface area contributed by atoms with Gasteiger partial charge in [0.05, 0.1) is 12.2 Å². The summed E-state index contributed by atoms with van der Waals surface area (Å²) < 4.78 is 3.30. The highest BCUT2D eigenvalue weighted by molar-refractivity contribution is 6.31. The third-order valence-electron chi connectivity index (χ3n) is 4.97. The first kappa shape index (κ1) is 16.8. The van der Waals surface area contributed by atoms with Gasteiger partial charge in [0.2, 0.25) is 0 Å². The zero-order valence-electron chi connectivity index (χ0n) is 14.9. The molecule has 0 unspecified atom stereocenters. The van der Waals surface area contributed by atoms with Gasteiger partial charge in [0, 0.05) is 23.0 Å². The molecule has 0 saturated heterocycles. The van der Waals surface area contributed by atoms with Gasteiger partial charge in [-0.3, -0.25) is 4.79 Å². The molecule has 0 saturated carbocycles. The number of rotatable bonds is 3. The van der Waals surface area contributed by atoms with Gasteiger partial charge in [0.15, 0.2) is 0 Å². The second-order valence-electron chi connectivity index (χ2n) is 6.71. The van der Waals surface area contributed by atoms with E-state index < -0.39 is 0 Å². The van der Waals surface area contributed by atoms with Crippen LogP contribution in [0.5, 0.6) is 0 Å². The maximum Gasteiger partial charge on any atom is 0.276 e. The van der Waals surface area contributed by atoms with Crippen molar-refractivity contribution in [3.63, 3.8) is 0 Å². The van der Waals surface area contributed by atoms with Crippen LogP contribution in [0.2, 0.25) is 5.02 Å². The Labute approximate surface area is 166 Å². The molecule has 28 heavy (non-hydrogen) atoms. The van der Waals surface area contributed by atoms with E-state index in [1.165, 1.54) is 0 Å². The largest absolute Gasteiger partial charge is 0.308 e. The number of benzene rings is 3. The first-order valence-corrected chi connectivity index (χ1v) is 9.39. The Morgan fingerprint density at radius 3 is 2.57 bits per heavy atom. The molecule has 5 rings (SSSR count). The Hall–Kier alpha value is -3.37. The van der Waals surface area contributed by atoms with Crippen LogP contribution in [0.1, 0.15) is 5.56 Å². The molecule has 0 radical (unpaired) electrons. The van der Waals surface area contributed by atoms with Gasteiger partial charge < -0.3 is 4.57 Å². The maximum atomic E-state index is 13.0. The number of aromatic nitrogens is 3. The summed E-state index contributed by atoms with van der Waals surface area (Å²) in [5, 5.41) is 7.55. The van der Waals surface area contributed by atoms with E-state index in [0.717, 1.165) is 27.6 Å². The van der Waals surface area contributed by atoms with Crippen molar-refractivity contribution in [2.45, 2.75) is 6.54 Å². The van der Waals surface area contributed by atoms with Crippen LogP contribution in [0.25, 0.3) is 27.5 Å². The van der Waals surface area contributed by atoms with Crippen molar-refractivity contribution in [1.82, 2.24) is 14.2 Å². The van der Waals surface area contributed by atoms with Crippen molar-refractivity contribution in [2.75, 3.05) is 0 Å². The molecule has 2 aromatic heterocycles. The van der Waals surface area contributed by atoms with Crippen LogP contribution in [0.4, 0.5) is 0 Å². The molecular formula is C23H16ClN3O. The summed E-state index contributed by atoms with van der Waals surface area (Å²) in [6, 6.07) is 23.7. The van der Waals surface area contributed by atoms with E-state index >= 15 is 0 Å². The molecule has 0 fully saturated rings. The molecule has 0 aliphatic rings. The van der Waals surface area contributed by atoms with Gasteiger partial charge in [0.25, 0.3) is 5.56 Å². The molecular weight excluding hydrogens is 370 g/mol. The zero-order chi connectivity index (χ0) is 19.1. The highest BCUT2D eigenvalue weighted by Gasteiger charge is 2.12. The van der Waals surface area contributed by atoms with E-state index in [4.69, 9.17) is 11.6 Å². The number of fused-ring (bicyclic) bond motifs is 2. The van der Waals surface area contributed by atoms with E-state index in [1.54, 1.807) is 15.3 Å². The lowest BCUT2D eigenvalue weighted by Gasteiger charge is -2.07. The average molecular weight is 386 g/mol. The van der Waals surface area contributed by atoms with E-state index in [9.17, 15) is 4.79 Å². The van der Waals surface area contributed by atoms with E-state index in [2.05, 4.69) is 23.3 Å². The van der Waals surface area contributed by atoms with Gasteiger partial charge >= 0.3 is 0 Å². The lowest BCUT2D eigenvalue weighted by molar-refractivity contribution is 0.743. The van der Waals surface area contributed by atoms with Gasteiger partial charge in [-0.25, -0.2) is 4.52 Å². The summed E-state index contributed by atoms with van der Waals surface area (Å²) in [5.41, 5.74) is 3.14. The lowest BCUT2D eigenvalue weighted by Crippen LogP contribution is -2.21. The van der Waals surface area contributed by atoms with Crippen molar-refractivity contribution in [2.24, 2.45) is 0 Å². The minimum atomic E-state index is -0.0959. The van der Waals surface area contributed by atoms with Crippen LogP contribution in [0.3, 0.4) is 0 Å². The first-order chi connectivity index (χ1) is 13.7. The Bertz CT molecular complexity index is 1380. The smallest absolute Gasteiger partial charge is 0.276 e. The molecule has 0 N–H and O–H groups in total. The van der Waals surface area contributed by atoms with Gasteiger partial charge in [-0.2, -0.15) is 5.10 Å². The Morgan fingerprint density at radius 1 is 0.893 bits per heavy atom. The summed E-state index contributed by atoms with van der Waals surface area (Å²) in [4.78, 5) is 13.0. The lowest BCUT2D eigenvalue weighted by atomic mass is 10.0. The SMILES string of the molecule is O=c1c2cc(-c3cccc4ccccc34)nn2ccn1Cc1ccccc1Cl. The van der Waals surface area contributed by atoms with E-state index in [0.29, 0.717) is 17.1 Å². The summed E-state index contributed by atoms with van der Waals surface area (Å²) in [7, 11) is 0. The number of nitrogens with zero attached hydrogens (tertiary/aromatic N) is 3. The fourth-order valence-electron chi connectivity index (χ4n) is 3.54. The fraction of sp³-hybridized carbons (Fsp3) is 0.0435. The second kappa shape index (κ2) is 6.66. The van der Waals surface area contributed by atoms with Crippen molar-refractivity contribution in [3.05, 3.63) is 106 Å². The highest BCUT2D eigenvalue weighted by atomic mass is 35.5. The molecule has 0 aliphatic heterocycles. The molecule has 0 bridgehead atoms. The molecule has 5 heteroatoms. The predicted octanol–water partition coefficient (Wildman–Crippen LogP) is 5.02. The van der Waals surface area contributed by atoms with E-state index in [-0.39, 0.29) is 5.56 Å². The Kier molecular flexibility index (Phi) is 3.99. The first-order valence-electron chi connectivity index (χ1n) is 9.01. The van der Waals surface area contributed by atoms with Gasteiger partial charge in [0.1, 0.15) is 5.52 Å². The third kappa shape index (κ3) is 2.79. The van der Waals surface area contributed by atoms with Gasteiger partial charge in [-0.15, -0.1) is 0 Å². The monoisotopic (exact) mass is 385 g/mol. The van der Waals surface area contributed by atoms with E-state index in [1.807, 2.05) is 60.8 Å². The quantitative estimate of drug-likeness (QED) is 0.437. The van der Waals surface area contributed by atoms with Crippen LogP contribution >= 0.6 is 11.6 Å². The molecule has 4 nitrogen and oxygen atoms in total. The Morgan fingerprint density at radius 2 is 1.68 bits per heavy atom. The minimum Gasteiger partial charge on any atom is -0.308 e. The summed E-state index contributed by atoms with van der Waals surface area (Å²) >= 11 is 6.25. The molecule has 5 aromatic rings. The van der Waals surface area contributed by atoms with Crippen molar-refractivity contribution in [1.29, 1.82) is 0 Å². The molecule has 0 spiro atoms. The van der Waals surface area contributed by atoms with Crippen molar-refractivity contribution < 1.29 is 0 Å². The topological polar surface area (TPSA) is 39.3 Å². The molecule has 136 valence electrons. The third-order valence-corrected chi connectivity index (χ3v) is 5.34. The standard InChI is InChI=1S/C23H16ClN3O/c24-20-11-4-2-7-17(20)15-26-12-13-27-22(23(26)28)14-21(25-27)19-10-5-8-16-6-1-3-9-18(16)19/h1-14H,15H2. The molecule has 2 heterocycles. The van der Waals surface area contributed by atoms with Crippen LogP contribution in [-0.4, -0.2) is 14.2 Å². The fourth-order valence-corrected chi connectivity index (χ4v) is 3.74. The van der Waals surface area contributed by atoms with Crippen molar-refractivity contribution in [3.8, 4) is 11.3 Å². The summed E-state index contributed by atoms with van der Waals surface area (Å²) in [6.07, 6.45) is 3.56. The maximum absolute atomic E-state index is 13.0. The zero-order valence-corrected chi connectivity index (χ0v) is 15.7. The summed E-state index contributed by atoms with van der Waals surface area (Å²) in [5.74, 6) is 0.